The Morgan fingerprint density at radius 2 is 1.40 bits per heavy atom. The van der Waals surface area contributed by atoms with E-state index in [0.29, 0.717) is 16.3 Å². The van der Waals surface area contributed by atoms with Crippen molar-refractivity contribution in [3.8, 4) is 10.6 Å². The predicted molar refractivity (Wildman–Crippen MR) is 203 cm³/mol. The fourth-order valence-electron chi connectivity index (χ4n) is 5.61. The molecule has 0 aliphatic rings. The van der Waals surface area contributed by atoms with Crippen LogP contribution in [0.3, 0.4) is 0 Å². The molecule has 0 aliphatic carbocycles. The molecule has 0 saturated carbocycles. The van der Waals surface area contributed by atoms with Crippen LogP contribution in [0.5, 0.6) is 0 Å². The Bertz CT molecular complexity index is 1780. The predicted octanol–water partition coefficient (Wildman–Crippen LogP) is 4.48. The number of esters is 1. The maximum absolute atomic E-state index is 13.5. The number of carbonyl (C=O) groups excluding carboxylic acids is 4. The zero-order valence-electron chi connectivity index (χ0n) is 30.4. The summed E-state index contributed by atoms with van der Waals surface area (Å²) >= 11 is 1.08. The fourth-order valence-corrected chi connectivity index (χ4v) is 11.0. The maximum atomic E-state index is 13.5. The third kappa shape index (κ3) is 9.91. The molecule has 2 atom stereocenters. The average molecular weight is 747 g/mol. The number of nitrogens with zero attached hydrogens (tertiary/aromatic N) is 1. The summed E-state index contributed by atoms with van der Waals surface area (Å²) in [4.78, 5) is 56.3. The Labute approximate surface area is 309 Å². The van der Waals surface area contributed by atoms with Crippen LogP contribution >= 0.6 is 11.3 Å². The lowest BCUT2D eigenvalue weighted by atomic mass is 10.2. The van der Waals surface area contributed by atoms with E-state index in [4.69, 9.17) is 13.9 Å². The number of aliphatic hydroxyl groups is 1. The number of hydrogen-bond donors (Lipinski definition) is 4. The lowest BCUT2D eigenvalue weighted by Gasteiger charge is -2.43. The molecule has 0 radical (unpaired) electrons. The number of aromatic nitrogens is 1. The van der Waals surface area contributed by atoms with Crippen LogP contribution in [0.4, 0.5) is 10.5 Å². The van der Waals surface area contributed by atoms with Gasteiger partial charge in [-0.05, 0) is 60.4 Å². The summed E-state index contributed by atoms with van der Waals surface area (Å²) in [5.74, 6) is -2.18. The van der Waals surface area contributed by atoms with Gasteiger partial charge >= 0.3 is 12.1 Å². The molecule has 3 aromatic carbocycles. The quantitative estimate of drug-likeness (QED) is 0.114. The number of hydrogen-bond acceptors (Lipinski definition) is 10. The molecule has 4 aromatic rings. The molecule has 52 heavy (non-hydrogen) atoms. The highest BCUT2D eigenvalue weighted by atomic mass is 32.1. The molecule has 0 unspecified atom stereocenters. The normalized spacial score (nSPS) is 13.0. The minimum atomic E-state index is -3.08. The number of amides is 3. The van der Waals surface area contributed by atoms with Crippen LogP contribution in [0.15, 0.2) is 91.1 Å². The Kier molecular flexibility index (Phi) is 13.1. The number of ether oxygens (including phenoxy) is 2. The molecular formula is C38H46N4O8SSi. The van der Waals surface area contributed by atoms with Crippen molar-refractivity contribution in [2.45, 2.75) is 64.3 Å². The zero-order chi connectivity index (χ0) is 38.1. The first-order valence-corrected chi connectivity index (χ1v) is 19.4. The molecule has 1 aromatic heterocycles. The number of benzene rings is 3. The number of rotatable bonds is 13. The summed E-state index contributed by atoms with van der Waals surface area (Å²) in [6.45, 7) is 10.6. The minimum Gasteiger partial charge on any atom is -0.467 e. The third-order valence-corrected chi connectivity index (χ3v) is 14.0. The van der Waals surface area contributed by atoms with Crippen LogP contribution in [0.1, 0.15) is 51.2 Å². The van der Waals surface area contributed by atoms with E-state index in [1.54, 1.807) is 45.0 Å². The highest BCUT2D eigenvalue weighted by Crippen LogP contribution is 2.37. The van der Waals surface area contributed by atoms with E-state index >= 15 is 0 Å². The van der Waals surface area contributed by atoms with Crippen molar-refractivity contribution in [2.24, 2.45) is 0 Å². The lowest BCUT2D eigenvalue weighted by Crippen LogP contribution is -2.68. The van der Waals surface area contributed by atoms with E-state index in [-0.39, 0.29) is 11.5 Å². The number of methoxy groups -OCH3 is 1. The topological polar surface area (TPSA) is 165 Å². The van der Waals surface area contributed by atoms with Crippen LogP contribution < -0.4 is 26.3 Å². The molecular weight excluding hydrogens is 701 g/mol. The molecule has 4 rings (SSSR count). The summed E-state index contributed by atoms with van der Waals surface area (Å²) in [6.07, 6.45) is 0.782. The van der Waals surface area contributed by atoms with Gasteiger partial charge in [-0.15, -0.1) is 11.3 Å². The van der Waals surface area contributed by atoms with Crippen molar-refractivity contribution >= 4 is 59.6 Å². The van der Waals surface area contributed by atoms with E-state index < -0.39 is 61.5 Å². The van der Waals surface area contributed by atoms with Crippen molar-refractivity contribution < 1.29 is 38.2 Å². The zero-order valence-corrected chi connectivity index (χ0v) is 32.2. The fraction of sp³-hybridized carbons (Fsp3) is 0.342. The molecule has 0 aliphatic heterocycles. The van der Waals surface area contributed by atoms with E-state index in [0.717, 1.165) is 21.7 Å². The summed E-state index contributed by atoms with van der Waals surface area (Å²) in [5.41, 5.74) is 0.573. The number of carbonyl (C=O) groups is 4. The van der Waals surface area contributed by atoms with Gasteiger partial charge in [0.05, 0.1) is 26.5 Å². The molecule has 1 heterocycles. The molecule has 14 heteroatoms. The van der Waals surface area contributed by atoms with Crippen molar-refractivity contribution in [1.82, 2.24) is 15.6 Å². The van der Waals surface area contributed by atoms with Crippen molar-refractivity contribution in [2.75, 3.05) is 25.6 Å². The Morgan fingerprint density at radius 3 is 1.90 bits per heavy atom. The van der Waals surface area contributed by atoms with Gasteiger partial charge < -0.3 is 29.6 Å². The minimum absolute atomic E-state index is 0.191. The van der Waals surface area contributed by atoms with Gasteiger partial charge in [-0.3, -0.25) is 14.9 Å². The Balaban J connectivity index is 1.47. The largest absolute Gasteiger partial charge is 0.467 e. The van der Waals surface area contributed by atoms with E-state index in [9.17, 15) is 24.3 Å². The summed E-state index contributed by atoms with van der Waals surface area (Å²) in [6, 6.07) is 23.9. The summed E-state index contributed by atoms with van der Waals surface area (Å²) < 4.78 is 17.1. The molecule has 0 bridgehead atoms. The van der Waals surface area contributed by atoms with Crippen molar-refractivity contribution in [1.29, 1.82) is 0 Å². The second kappa shape index (κ2) is 17.1. The lowest BCUT2D eigenvalue weighted by molar-refractivity contribution is -0.146. The van der Waals surface area contributed by atoms with Crippen LogP contribution in [0, 0.1) is 0 Å². The van der Waals surface area contributed by atoms with E-state index in [1.165, 1.54) is 13.3 Å². The SMILES string of the molecule is COC(=O)[C@H](CO[Si](c1ccccc1)(c1ccccc1)C(C)(C)C)NC(=O)[C@H](CO)NC(=O)c1cnc(-c2ccc(NC(=O)OC(C)(C)C)cc2)s1. The van der Waals surface area contributed by atoms with Gasteiger partial charge in [0.15, 0.2) is 0 Å². The smallest absolute Gasteiger partial charge is 0.412 e. The summed E-state index contributed by atoms with van der Waals surface area (Å²) in [7, 11) is -1.87. The van der Waals surface area contributed by atoms with Gasteiger partial charge in [-0.25, -0.2) is 14.6 Å². The highest BCUT2D eigenvalue weighted by molar-refractivity contribution is 7.16. The number of thiazole rings is 1. The van der Waals surface area contributed by atoms with Crippen LogP contribution in [0.25, 0.3) is 10.6 Å². The second-order valence-electron chi connectivity index (χ2n) is 14.0. The molecule has 0 spiro atoms. The Morgan fingerprint density at radius 1 is 0.827 bits per heavy atom. The first kappa shape index (κ1) is 39.9. The van der Waals surface area contributed by atoms with Crippen molar-refractivity contribution in [3.63, 3.8) is 0 Å². The molecule has 12 nitrogen and oxygen atoms in total. The van der Waals surface area contributed by atoms with Crippen LogP contribution in [-0.4, -0.2) is 80.3 Å². The van der Waals surface area contributed by atoms with Gasteiger partial charge in [0, 0.05) is 11.3 Å². The molecule has 0 fully saturated rings. The monoisotopic (exact) mass is 746 g/mol. The highest BCUT2D eigenvalue weighted by Gasteiger charge is 2.50. The first-order valence-electron chi connectivity index (χ1n) is 16.7. The van der Waals surface area contributed by atoms with Crippen LogP contribution in [0.2, 0.25) is 5.04 Å². The van der Waals surface area contributed by atoms with Gasteiger partial charge in [0.25, 0.3) is 14.2 Å². The molecule has 276 valence electrons. The molecule has 3 amide bonds. The van der Waals surface area contributed by atoms with Gasteiger partial charge in [-0.1, -0.05) is 81.4 Å². The first-order chi connectivity index (χ1) is 24.6. The van der Waals surface area contributed by atoms with Gasteiger partial charge in [-0.2, -0.15) is 0 Å². The average Bonchev–Trinajstić information content (AvgIpc) is 3.60. The standard InChI is InChI=1S/C38H46N4O8SSi/c1-37(2,3)50-36(47)40-26-20-18-25(19-21-26)34-39-22-31(51-34)33(45)41-29(23-43)32(44)42-30(35(46)48-7)24-49-52(38(4,5)6,27-14-10-8-11-15-27)28-16-12-9-13-17-28/h8-22,29-30,43H,23-24H2,1-7H3,(H,40,47)(H,41,45)(H,42,44)/t29-,30-/m0/s1. The molecule has 0 saturated heterocycles. The van der Waals surface area contributed by atoms with E-state index in [1.807, 2.05) is 60.7 Å². The number of nitrogens with one attached hydrogen (secondary N) is 3. The second-order valence-corrected chi connectivity index (χ2v) is 19.3. The van der Waals surface area contributed by atoms with Gasteiger partial charge in [0.1, 0.15) is 27.6 Å². The van der Waals surface area contributed by atoms with Crippen molar-refractivity contribution in [3.05, 3.63) is 96.0 Å². The maximum Gasteiger partial charge on any atom is 0.412 e. The summed E-state index contributed by atoms with van der Waals surface area (Å²) in [5, 5.41) is 20.0. The number of anilines is 1. The van der Waals surface area contributed by atoms with Crippen LogP contribution in [-0.2, 0) is 23.5 Å². The molecule has 4 N–H and O–H groups in total. The van der Waals surface area contributed by atoms with Gasteiger partial charge in [0.2, 0.25) is 5.91 Å². The third-order valence-electron chi connectivity index (χ3n) is 8.00. The number of aliphatic hydroxyl groups excluding tert-OH is 1. The Hall–Kier alpha value is -4.89. The van der Waals surface area contributed by atoms with E-state index in [2.05, 4.69) is 41.7 Å².